The van der Waals surface area contributed by atoms with Crippen molar-refractivity contribution in [1.29, 1.82) is 0 Å². The summed E-state index contributed by atoms with van der Waals surface area (Å²) < 4.78 is 11.4. The van der Waals surface area contributed by atoms with Crippen LogP contribution in [0.3, 0.4) is 0 Å². The maximum atomic E-state index is 5.70. The van der Waals surface area contributed by atoms with Gasteiger partial charge in [0, 0.05) is 6.61 Å². The highest BCUT2D eigenvalue weighted by molar-refractivity contribution is 5.13. The van der Waals surface area contributed by atoms with Crippen molar-refractivity contribution in [2.45, 2.75) is 25.0 Å². The fourth-order valence-corrected chi connectivity index (χ4v) is 1.97. The molecule has 0 aromatic heterocycles. The van der Waals surface area contributed by atoms with Gasteiger partial charge in [0.05, 0.1) is 13.2 Å². The van der Waals surface area contributed by atoms with Crippen molar-refractivity contribution in [3.63, 3.8) is 0 Å². The lowest BCUT2D eigenvalue weighted by molar-refractivity contribution is -0.0370. The van der Waals surface area contributed by atoms with Crippen LogP contribution >= 0.6 is 0 Å². The Hall–Kier alpha value is -1.12. The molecule has 1 aromatic rings. The standard InChI is InChI=1S/C14H18O2/c1-2-14(9-6-10-16-14)12-15-11-13-7-4-3-5-8-13/h2-5,7-8H,1,6,9-12H2. The van der Waals surface area contributed by atoms with E-state index in [2.05, 4.69) is 18.7 Å². The normalized spacial score (nSPS) is 24.5. The Morgan fingerprint density at radius 1 is 1.38 bits per heavy atom. The zero-order valence-electron chi connectivity index (χ0n) is 9.52. The third-order valence-electron chi connectivity index (χ3n) is 2.96. The zero-order valence-corrected chi connectivity index (χ0v) is 9.52. The molecule has 0 spiro atoms. The molecule has 1 atom stereocenters. The van der Waals surface area contributed by atoms with Crippen molar-refractivity contribution in [2.75, 3.05) is 13.2 Å². The largest absolute Gasteiger partial charge is 0.373 e. The predicted octanol–water partition coefficient (Wildman–Crippen LogP) is 2.94. The topological polar surface area (TPSA) is 18.5 Å². The van der Waals surface area contributed by atoms with Gasteiger partial charge in [0.1, 0.15) is 5.60 Å². The molecule has 1 aliphatic rings. The van der Waals surface area contributed by atoms with Gasteiger partial charge in [-0.1, -0.05) is 36.4 Å². The van der Waals surface area contributed by atoms with E-state index in [0.29, 0.717) is 13.2 Å². The first-order chi connectivity index (χ1) is 7.85. The van der Waals surface area contributed by atoms with Crippen LogP contribution in [0, 0.1) is 0 Å². The molecular formula is C14H18O2. The minimum absolute atomic E-state index is 0.241. The zero-order chi connectivity index (χ0) is 11.3. The van der Waals surface area contributed by atoms with Crippen molar-refractivity contribution in [3.8, 4) is 0 Å². The number of hydrogen-bond acceptors (Lipinski definition) is 2. The average Bonchev–Trinajstić information content (AvgIpc) is 2.80. The summed E-state index contributed by atoms with van der Waals surface area (Å²) in [6.45, 7) is 5.90. The molecule has 0 saturated carbocycles. The fourth-order valence-electron chi connectivity index (χ4n) is 1.97. The molecule has 0 amide bonds. The van der Waals surface area contributed by atoms with Crippen LogP contribution in [0.15, 0.2) is 43.0 Å². The molecule has 0 N–H and O–H groups in total. The first-order valence-corrected chi connectivity index (χ1v) is 5.74. The molecule has 1 fully saturated rings. The van der Waals surface area contributed by atoms with Crippen molar-refractivity contribution < 1.29 is 9.47 Å². The van der Waals surface area contributed by atoms with Gasteiger partial charge in [0.2, 0.25) is 0 Å². The Morgan fingerprint density at radius 2 is 2.19 bits per heavy atom. The lowest BCUT2D eigenvalue weighted by Crippen LogP contribution is -2.30. The molecule has 2 rings (SSSR count). The Bertz CT molecular complexity index is 326. The summed E-state index contributed by atoms with van der Waals surface area (Å²) in [6, 6.07) is 10.2. The molecule has 1 unspecified atom stereocenters. The molecule has 1 heterocycles. The summed E-state index contributed by atoms with van der Waals surface area (Å²) in [6.07, 6.45) is 4.00. The van der Waals surface area contributed by atoms with Crippen LogP contribution in [0.4, 0.5) is 0 Å². The van der Waals surface area contributed by atoms with Crippen molar-refractivity contribution in [1.82, 2.24) is 0 Å². The van der Waals surface area contributed by atoms with E-state index >= 15 is 0 Å². The first-order valence-electron chi connectivity index (χ1n) is 5.74. The Morgan fingerprint density at radius 3 is 2.81 bits per heavy atom. The summed E-state index contributed by atoms with van der Waals surface area (Å²) in [4.78, 5) is 0. The van der Waals surface area contributed by atoms with Gasteiger partial charge < -0.3 is 9.47 Å². The molecule has 16 heavy (non-hydrogen) atoms. The molecule has 1 saturated heterocycles. The average molecular weight is 218 g/mol. The lowest BCUT2D eigenvalue weighted by Gasteiger charge is -2.23. The number of hydrogen-bond donors (Lipinski definition) is 0. The van der Waals surface area contributed by atoms with E-state index < -0.39 is 0 Å². The number of benzene rings is 1. The quantitative estimate of drug-likeness (QED) is 0.707. The summed E-state index contributed by atoms with van der Waals surface area (Å²) in [5, 5.41) is 0. The lowest BCUT2D eigenvalue weighted by atomic mass is 10.0. The van der Waals surface area contributed by atoms with E-state index in [1.165, 1.54) is 5.56 Å². The third kappa shape index (κ3) is 2.71. The first kappa shape index (κ1) is 11.4. The van der Waals surface area contributed by atoms with Crippen LogP contribution in [0.2, 0.25) is 0 Å². The van der Waals surface area contributed by atoms with Crippen LogP contribution in [0.25, 0.3) is 0 Å². The Labute approximate surface area is 96.9 Å². The van der Waals surface area contributed by atoms with Gasteiger partial charge in [-0.2, -0.15) is 0 Å². The van der Waals surface area contributed by atoms with Gasteiger partial charge >= 0.3 is 0 Å². The van der Waals surface area contributed by atoms with E-state index in [4.69, 9.17) is 9.47 Å². The van der Waals surface area contributed by atoms with Crippen LogP contribution in [0.1, 0.15) is 18.4 Å². The highest BCUT2D eigenvalue weighted by Gasteiger charge is 2.31. The SMILES string of the molecule is C=CC1(COCc2ccccc2)CCCO1. The van der Waals surface area contributed by atoms with Crippen molar-refractivity contribution in [2.24, 2.45) is 0 Å². The highest BCUT2D eigenvalue weighted by atomic mass is 16.5. The van der Waals surface area contributed by atoms with Gasteiger partial charge in [-0.3, -0.25) is 0 Å². The van der Waals surface area contributed by atoms with Gasteiger partial charge in [-0.05, 0) is 18.4 Å². The molecule has 0 bridgehead atoms. The number of rotatable bonds is 5. The summed E-state index contributed by atoms with van der Waals surface area (Å²) in [5.74, 6) is 0. The minimum atomic E-state index is -0.241. The predicted molar refractivity (Wildman–Crippen MR) is 64.2 cm³/mol. The van der Waals surface area contributed by atoms with Crippen LogP contribution < -0.4 is 0 Å². The van der Waals surface area contributed by atoms with E-state index in [1.807, 2.05) is 24.3 Å². The van der Waals surface area contributed by atoms with E-state index in [-0.39, 0.29) is 5.60 Å². The molecule has 2 heteroatoms. The van der Waals surface area contributed by atoms with E-state index in [9.17, 15) is 0 Å². The van der Waals surface area contributed by atoms with Gasteiger partial charge in [0.15, 0.2) is 0 Å². The summed E-state index contributed by atoms with van der Waals surface area (Å²) in [5.41, 5.74) is 0.953. The second-order valence-corrected chi connectivity index (χ2v) is 4.20. The molecule has 1 aliphatic heterocycles. The smallest absolute Gasteiger partial charge is 0.109 e. The summed E-state index contributed by atoms with van der Waals surface area (Å²) in [7, 11) is 0. The molecule has 2 nitrogen and oxygen atoms in total. The minimum Gasteiger partial charge on any atom is -0.373 e. The maximum absolute atomic E-state index is 5.70. The maximum Gasteiger partial charge on any atom is 0.109 e. The number of ether oxygens (including phenoxy) is 2. The molecule has 1 aromatic carbocycles. The van der Waals surface area contributed by atoms with Gasteiger partial charge in [0.25, 0.3) is 0 Å². The van der Waals surface area contributed by atoms with Crippen molar-refractivity contribution >= 4 is 0 Å². The summed E-state index contributed by atoms with van der Waals surface area (Å²) >= 11 is 0. The van der Waals surface area contributed by atoms with Gasteiger partial charge in [-0.15, -0.1) is 6.58 Å². The van der Waals surface area contributed by atoms with E-state index in [0.717, 1.165) is 19.4 Å². The van der Waals surface area contributed by atoms with E-state index in [1.54, 1.807) is 0 Å². The fraction of sp³-hybridized carbons (Fsp3) is 0.429. The molecular weight excluding hydrogens is 200 g/mol. The second kappa shape index (κ2) is 5.28. The molecule has 86 valence electrons. The second-order valence-electron chi connectivity index (χ2n) is 4.20. The van der Waals surface area contributed by atoms with Crippen LogP contribution in [-0.2, 0) is 16.1 Å². The van der Waals surface area contributed by atoms with Crippen molar-refractivity contribution in [3.05, 3.63) is 48.6 Å². The van der Waals surface area contributed by atoms with Crippen LogP contribution in [-0.4, -0.2) is 18.8 Å². The highest BCUT2D eigenvalue weighted by Crippen LogP contribution is 2.27. The van der Waals surface area contributed by atoms with Gasteiger partial charge in [-0.25, -0.2) is 0 Å². The molecule has 0 aliphatic carbocycles. The Kier molecular flexibility index (Phi) is 3.75. The Balaban J connectivity index is 1.81. The monoisotopic (exact) mass is 218 g/mol. The molecule has 0 radical (unpaired) electrons. The van der Waals surface area contributed by atoms with Crippen LogP contribution in [0.5, 0.6) is 0 Å². The third-order valence-corrected chi connectivity index (χ3v) is 2.96.